The van der Waals surface area contributed by atoms with E-state index in [-0.39, 0.29) is 18.2 Å². The Balaban J connectivity index is 1.65. The molecule has 0 amide bonds. The Bertz CT molecular complexity index is 1560. The topological polar surface area (TPSA) is 97.1 Å². The first-order valence-electron chi connectivity index (χ1n) is 13.7. The van der Waals surface area contributed by atoms with E-state index in [2.05, 4.69) is 0 Å². The number of pyridine rings is 1. The van der Waals surface area contributed by atoms with Gasteiger partial charge >= 0.3 is 5.97 Å². The van der Waals surface area contributed by atoms with Crippen molar-refractivity contribution >= 4 is 45.7 Å². The SMILES string of the molecule is CN(c1ccccc1)c1cc2nc(C3CC3)c(/C=C/[C@@H](O)C[C@@H](O)CC(=O)O)c(N(C)c3ccccc3)c2cc1F. The Labute approximate surface area is 238 Å². The number of aliphatic hydroxyl groups excluding tert-OH is 2. The summed E-state index contributed by atoms with van der Waals surface area (Å²) in [5, 5.41) is 30.2. The second kappa shape index (κ2) is 12.1. The number of fused-ring (bicyclic) bond motifs is 1. The molecule has 212 valence electrons. The fourth-order valence-electron chi connectivity index (χ4n) is 5.16. The van der Waals surface area contributed by atoms with Gasteiger partial charge in [-0.05, 0) is 49.2 Å². The van der Waals surface area contributed by atoms with E-state index in [9.17, 15) is 15.0 Å². The summed E-state index contributed by atoms with van der Waals surface area (Å²) in [5.41, 5.74) is 5.22. The number of hydrogen-bond acceptors (Lipinski definition) is 6. The maximum absolute atomic E-state index is 15.8. The van der Waals surface area contributed by atoms with Gasteiger partial charge in [0, 0.05) is 48.8 Å². The average molecular weight is 556 g/mol. The number of para-hydroxylation sites is 2. The number of nitrogens with zero attached hydrogens (tertiary/aromatic N) is 3. The number of carboxylic acid groups (broad SMARTS) is 1. The van der Waals surface area contributed by atoms with Gasteiger partial charge < -0.3 is 25.1 Å². The summed E-state index contributed by atoms with van der Waals surface area (Å²) in [7, 11) is 3.75. The zero-order valence-corrected chi connectivity index (χ0v) is 23.1. The van der Waals surface area contributed by atoms with Crippen LogP contribution in [0.1, 0.15) is 42.9 Å². The van der Waals surface area contributed by atoms with E-state index in [0.717, 1.165) is 41.2 Å². The molecule has 0 aliphatic heterocycles. The fourth-order valence-corrected chi connectivity index (χ4v) is 5.16. The van der Waals surface area contributed by atoms with E-state index in [4.69, 9.17) is 10.1 Å². The van der Waals surface area contributed by atoms with Crippen LogP contribution in [0.15, 0.2) is 78.9 Å². The van der Waals surface area contributed by atoms with E-state index in [1.807, 2.05) is 79.7 Å². The van der Waals surface area contributed by atoms with Gasteiger partial charge in [0.1, 0.15) is 5.82 Å². The van der Waals surface area contributed by atoms with Crippen molar-refractivity contribution in [1.29, 1.82) is 0 Å². The van der Waals surface area contributed by atoms with Crippen LogP contribution in [0.4, 0.5) is 27.1 Å². The molecule has 0 bridgehead atoms. The van der Waals surface area contributed by atoms with E-state index in [1.165, 1.54) is 6.07 Å². The van der Waals surface area contributed by atoms with Crippen LogP contribution >= 0.6 is 0 Å². The van der Waals surface area contributed by atoms with Crippen molar-refractivity contribution in [2.75, 3.05) is 23.9 Å². The lowest BCUT2D eigenvalue weighted by atomic mass is 9.99. The van der Waals surface area contributed by atoms with Crippen molar-refractivity contribution < 1.29 is 24.5 Å². The molecule has 1 heterocycles. The highest BCUT2D eigenvalue weighted by atomic mass is 19.1. The molecule has 4 aromatic rings. The van der Waals surface area contributed by atoms with Crippen LogP contribution in [0.25, 0.3) is 17.0 Å². The monoisotopic (exact) mass is 555 g/mol. The number of aromatic nitrogens is 1. The smallest absolute Gasteiger partial charge is 0.305 e. The molecule has 5 rings (SSSR count). The Morgan fingerprint density at radius 2 is 1.61 bits per heavy atom. The molecular formula is C33H34FN3O4. The highest BCUT2D eigenvalue weighted by molar-refractivity contribution is 6.00. The Morgan fingerprint density at radius 1 is 1.00 bits per heavy atom. The van der Waals surface area contributed by atoms with Crippen molar-refractivity contribution in [3.05, 3.63) is 95.9 Å². The van der Waals surface area contributed by atoms with E-state index >= 15 is 4.39 Å². The van der Waals surface area contributed by atoms with Crippen LogP contribution in [0.5, 0.6) is 0 Å². The molecule has 2 atom stereocenters. The first-order valence-corrected chi connectivity index (χ1v) is 13.7. The molecule has 1 saturated carbocycles. The van der Waals surface area contributed by atoms with Crippen molar-refractivity contribution in [1.82, 2.24) is 4.98 Å². The average Bonchev–Trinajstić information content (AvgIpc) is 3.80. The number of aliphatic hydroxyl groups is 2. The second-order valence-corrected chi connectivity index (χ2v) is 10.6. The van der Waals surface area contributed by atoms with Crippen molar-refractivity contribution in [3.63, 3.8) is 0 Å². The summed E-state index contributed by atoms with van der Waals surface area (Å²) in [6.07, 6.45) is 2.47. The standard InChI is InChI=1S/C33H34FN3O4/c1-36(22-9-5-3-6-10-22)30-20-29-27(19-28(30)34)33(37(2)23-11-7-4-8-12-23)26(32(35-29)21-13-14-21)16-15-24(38)17-25(39)18-31(40)41/h3-12,15-16,19-21,24-25,38-39H,13-14,17-18H2,1-2H3,(H,40,41)/b16-15+/t24-,25-/m1/s1. The number of rotatable bonds is 11. The number of aliphatic carboxylic acids is 1. The third-order valence-corrected chi connectivity index (χ3v) is 7.45. The third-order valence-electron chi connectivity index (χ3n) is 7.45. The number of halogens is 1. The first-order chi connectivity index (χ1) is 19.7. The predicted octanol–water partition coefficient (Wildman–Crippen LogP) is 6.39. The van der Waals surface area contributed by atoms with Crippen LogP contribution in [0.3, 0.4) is 0 Å². The summed E-state index contributed by atoms with van der Waals surface area (Å²) in [4.78, 5) is 19.8. The van der Waals surface area contributed by atoms with Gasteiger partial charge in [0.2, 0.25) is 0 Å². The normalized spacial score (nSPS) is 14.8. The van der Waals surface area contributed by atoms with E-state index in [0.29, 0.717) is 16.6 Å². The molecule has 8 heteroatoms. The van der Waals surface area contributed by atoms with Gasteiger partial charge in [-0.15, -0.1) is 0 Å². The Morgan fingerprint density at radius 3 is 2.20 bits per heavy atom. The largest absolute Gasteiger partial charge is 0.481 e. The maximum Gasteiger partial charge on any atom is 0.305 e. The minimum atomic E-state index is -1.18. The lowest BCUT2D eigenvalue weighted by molar-refractivity contribution is -0.139. The lowest BCUT2D eigenvalue weighted by Gasteiger charge is -2.27. The zero-order valence-electron chi connectivity index (χ0n) is 23.1. The molecule has 1 aromatic heterocycles. The van der Waals surface area contributed by atoms with Gasteiger partial charge in [-0.3, -0.25) is 9.78 Å². The Hall–Kier alpha value is -4.27. The predicted molar refractivity (Wildman–Crippen MR) is 161 cm³/mol. The summed E-state index contributed by atoms with van der Waals surface area (Å²) in [6.45, 7) is 0. The summed E-state index contributed by atoms with van der Waals surface area (Å²) in [5.74, 6) is -1.29. The molecule has 7 nitrogen and oxygen atoms in total. The van der Waals surface area contributed by atoms with E-state index < -0.39 is 24.6 Å². The van der Waals surface area contributed by atoms with Crippen LogP contribution in [0, 0.1) is 5.82 Å². The molecular weight excluding hydrogens is 521 g/mol. The highest BCUT2D eigenvalue weighted by Crippen LogP contribution is 2.47. The molecule has 0 radical (unpaired) electrons. The van der Waals surface area contributed by atoms with Gasteiger partial charge in [-0.2, -0.15) is 0 Å². The molecule has 1 aliphatic carbocycles. The molecule has 0 spiro atoms. The summed E-state index contributed by atoms with van der Waals surface area (Å²) < 4.78 is 15.8. The first kappa shape index (κ1) is 28.3. The van der Waals surface area contributed by atoms with Crippen LogP contribution in [0.2, 0.25) is 0 Å². The molecule has 3 N–H and O–H groups in total. The summed E-state index contributed by atoms with van der Waals surface area (Å²) in [6, 6.07) is 22.7. The lowest BCUT2D eigenvalue weighted by Crippen LogP contribution is -2.19. The van der Waals surface area contributed by atoms with Gasteiger partial charge in [0.15, 0.2) is 0 Å². The number of benzene rings is 3. The number of anilines is 4. The van der Waals surface area contributed by atoms with Crippen LogP contribution in [-0.2, 0) is 4.79 Å². The zero-order chi connectivity index (χ0) is 29.1. The van der Waals surface area contributed by atoms with Crippen molar-refractivity contribution in [3.8, 4) is 0 Å². The van der Waals surface area contributed by atoms with Gasteiger partial charge in [0.25, 0.3) is 0 Å². The third kappa shape index (κ3) is 6.39. The van der Waals surface area contributed by atoms with Crippen molar-refractivity contribution in [2.45, 2.75) is 43.8 Å². The van der Waals surface area contributed by atoms with Crippen molar-refractivity contribution in [2.24, 2.45) is 0 Å². The Kier molecular flexibility index (Phi) is 8.33. The summed E-state index contributed by atoms with van der Waals surface area (Å²) >= 11 is 0. The van der Waals surface area contributed by atoms with E-state index in [1.54, 1.807) is 23.1 Å². The molecule has 1 aliphatic rings. The molecule has 0 saturated heterocycles. The minimum Gasteiger partial charge on any atom is -0.481 e. The van der Waals surface area contributed by atoms with Gasteiger partial charge in [-0.25, -0.2) is 4.39 Å². The maximum atomic E-state index is 15.8. The number of carbonyl (C=O) groups is 1. The van der Waals surface area contributed by atoms with Crippen LogP contribution < -0.4 is 9.80 Å². The molecule has 0 unspecified atom stereocenters. The quantitative estimate of drug-likeness (QED) is 0.197. The minimum absolute atomic E-state index is 0.115. The second-order valence-electron chi connectivity index (χ2n) is 10.6. The number of carboxylic acids is 1. The van der Waals surface area contributed by atoms with Crippen LogP contribution in [-0.4, -0.2) is 52.6 Å². The molecule has 41 heavy (non-hydrogen) atoms. The van der Waals surface area contributed by atoms with Gasteiger partial charge in [-0.1, -0.05) is 48.6 Å². The highest BCUT2D eigenvalue weighted by Gasteiger charge is 2.31. The fraction of sp³-hybridized carbons (Fsp3) is 0.273. The number of hydrogen-bond donors (Lipinski definition) is 3. The van der Waals surface area contributed by atoms with Gasteiger partial charge in [0.05, 0.1) is 41.2 Å². The molecule has 3 aromatic carbocycles. The molecule has 1 fully saturated rings.